The molecule has 0 fully saturated rings. The molecule has 2 aromatic rings. The minimum atomic E-state index is -1.01. The van der Waals surface area contributed by atoms with E-state index in [1.807, 2.05) is 0 Å². The Morgan fingerprint density at radius 1 is 1.39 bits per heavy atom. The summed E-state index contributed by atoms with van der Waals surface area (Å²) >= 11 is 5.24. The molecule has 0 amide bonds. The van der Waals surface area contributed by atoms with Gasteiger partial charge in [-0.25, -0.2) is 4.79 Å². The second-order valence-corrected chi connectivity index (χ2v) is 5.47. The van der Waals surface area contributed by atoms with Crippen LogP contribution in [0, 0.1) is 3.57 Å². The zero-order valence-electron chi connectivity index (χ0n) is 9.02. The summed E-state index contributed by atoms with van der Waals surface area (Å²) in [5, 5.41) is 9.08. The lowest BCUT2D eigenvalue weighted by Gasteiger charge is -2.08. The van der Waals surface area contributed by atoms with E-state index in [9.17, 15) is 4.79 Å². The number of aromatic carboxylic acids is 1. The van der Waals surface area contributed by atoms with Crippen LogP contribution < -0.4 is 4.74 Å². The van der Waals surface area contributed by atoms with E-state index < -0.39 is 5.97 Å². The Morgan fingerprint density at radius 3 is 2.78 bits per heavy atom. The van der Waals surface area contributed by atoms with Crippen LogP contribution in [0.15, 0.2) is 39.4 Å². The van der Waals surface area contributed by atoms with Crippen molar-refractivity contribution in [1.82, 2.24) is 0 Å². The molecule has 1 heterocycles. The van der Waals surface area contributed by atoms with E-state index >= 15 is 0 Å². The Kier molecular flexibility index (Phi) is 4.28. The van der Waals surface area contributed by atoms with Gasteiger partial charge in [0.1, 0.15) is 23.7 Å². The van der Waals surface area contributed by atoms with Crippen LogP contribution in [0.3, 0.4) is 0 Å². The first-order valence-corrected chi connectivity index (χ1v) is 6.83. The van der Waals surface area contributed by atoms with E-state index in [2.05, 4.69) is 38.5 Å². The first-order valence-electron chi connectivity index (χ1n) is 4.96. The lowest BCUT2D eigenvalue weighted by molar-refractivity contribution is 0.0691. The van der Waals surface area contributed by atoms with Crippen LogP contribution in [0.1, 0.15) is 16.1 Å². The fraction of sp³-hybridized carbons (Fsp3) is 0.0833. The number of hydrogen-bond donors (Lipinski definition) is 1. The largest absolute Gasteiger partial charge is 0.485 e. The number of carboxylic acids is 1. The van der Waals surface area contributed by atoms with Crippen LogP contribution in [-0.2, 0) is 6.61 Å². The molecule has 4 nitrogen and oxygen atoms in total. The molecule has 0 saturated carbocycles. The quantitative estimate of drug-likeness (QED) is 0.758. The molecule has 0 aliphatic heterocycles. The predicted octanol–water partition coefficient (Wildman–Crippen LogP) is 3.92. The zero-order chi connectivity index (χ0) is 13.1. The third kappa shape index (κ3) is 3.26. The Bertz CT molecular complexity index is 579. The smallest absolute Gasteiger partial charge is 0.339 e. The van der Waals surface area contributed by atoms with Gasteiger partial charge in [-0.1, -0.05) is 0 Å². The maximum absolute atomic E-state index is 11.1. The van der Waals surface area contributed by atoms with Gasteiger partial charge < -0.3 is 14.3 Å². The number of hydrogen-bond acceptors (Lipinski definition) is 3. The van der Waals surface area contributed by atoms with Crippen molar-refractivity contribution in [1.29, 1.82) is 0 Å². The first kappa shape index (κ1) is 13.4. The summed E-state index contributed by atoms with van der Waals surface area (Å²) in [6.07, 6.45) is 0. The Labute approximate surface area is 125 Å². The molecule has 2 rings (SSSR count). The van der Waals surface area contributed by atoms with Crippen molar-refractivity contribution >= 4 is 44.5 Å². The van der Waals surface area contributed by atoms with Gasteiger partial charge >= 0.3 is 5.97 Å². The molecule has 1 N–H and O–H groups in total. The Hall–Kier alpha value is -1.02. The number of carboxylic acid groups (broad SMARTS) is 1. The van der Waals surface area contributed by atoms with Gasteiger partial charge in [0.25, 0.3) is 0 Å². The van der Waals surface area contributed by atoms with E-state index in [1.54, 1.807) is 30.3 Å². The average Bonchev–Trinajstić information content (AvgIpc) is 2.73. The van der Waals surface area contributed by atoms with Gasteiger partial charge in [0.05, 0.1) is 0 Å². The number of furan rings is 1. The fourth-order valence-corrected chi connectivity index (χ4v) is 2.20. The van der Waals surface area contributed by atoms with Crippen LogP contribution >= 0.6 is 38.5 Å². The van der Waals surface area contributed by atoms with Crippen molar-refractivity contribution in [3.63, 3.8) is 0 Å². The summed E-state index contributed by atoms with van der Waals surface area (Å²) < 4.78 is 12.2. The van der Waals surface area contributed by atoms with Crippen LogP contribution in [0.2, 0.25) is 0 Å². The summed E-state index contributed by atoms with van der Waals surface area (Å²) in [6.45, 7) is 0.187. The van der Waals surface area contributed by atoms with Gasteiger partial charge in [-0.2, -0.15) is 0 Å². The van der Waals surface area contributed by atoms with E-state index in [0.29, 0.717) is 16.2 Å². The molecular formula is C12H8BrIO4. The van der Waals surface area contributed by atoms with E-state index in [0.717, 1.165) is 3.57 Å². The fourth-order valence-electron chi connectivity index (χ4n) is 1.37. The highest BCUT2D eigenvalue weighted by Crippen LogP contribution is 2.23. The summed E-state index contributed by atoms with van der Waals surface area (Å²) in [5.41, 5.74) is 0.146. The van der Waals surface area contributed by atoms with Crippen molar-refractivity contribution in [2.24, 2.45) is 0 Å². The van der Waals surface area contributed by atoms with Gasteiger partial charge in [-0.05, 0) is 68.9 Å². The van der Waals surface area contributed by atoms with Crippen LogP contribution in [0.5, 0.6) is 5.75 Å². The average molecular weight is 423 g/mol. The predicted molar refractivity (Wildman–Crippen MR) is 76.9 cm³/mol. The third-order valence-electron chi connectivity index (χ3n) is 2.17. The lowest BCUT2D eigenvalue weighted by atomic mass is 10.2. The molecule has 0 unspecified atom stereocenters. The van der Waals surface area contributed by atoms with Crippen molar-refractivity contribution in [2.75, 3.05) is 0 Å². The Morgan fingerprint density at radius 2 is 2.17 bits per heavy atom. The van der Waals surface area contributed by atoms with Crippen molar-refractivity contribution in [2.45, 2.75) is 6.61 Å². The van der Waals surface area contributed by atoms with Gasteiger partial charge in [0.15, 0.2) is 4.67 Å². The van der Waals surface area contributed by atoms with Crippen LogP contribution in [0.25, 0.3) is 0 Å². The SMILES string of the molecule is O=C(O)c1cc(I)ccc1OCc1ccc(Br)o1. The molecule has 0 atom stereocenters. The van der Waals surface area contributed by atoms with E-state index in [4.69, 9.17) is 14.3 Å². The molecule has 6 heteroatoms. The minimum absolute atomic E-state index is 0.146. The standard InChI is InChI=1S/C12H8BrIO4/c13-11-4-2-8(18-11)6-17-10-3-1-7(14)5-9(10)12(15)16/h1-5H,6H2,(H,15,16). The first-order chi connectivity index (χ1) is 8.56. The summed E-state index contributed by atoms with van der Waals surface area (Å²) in [6, 6.07) is 8.52. The normalized spacial score (nSPS) is 10.3. The number of carbonyl (C=O) groups is 1. The topological polar surface area (TPSA) is 59.7 Å². The van der Waals surface area contributed by atoms with Crippen molar-refractivity contribution in [3.8, 4) is 5.75 Å². The Balaban J connectivity index is 2.16. The molecule has 0 bridgehead atoms. The second-order valence-electron chi connectivity index (χ2n) is 3.44. The lowest BCUT2D eigenvalue weighted by Crippen LogP contribution is -2.03. The highest BCUT2D eigenvalue weighted by Gasteiger charge is 2.12. The van der Waals surface area contributed by atoms with E-state index in [1.165, 1.54) is 0 Å². The monoisotopic (exact) mass is 422 g/mol. The van der Waals surface area contributed by atoms with Crippen molar-refractivity contribution in [3.05, 3.63) is 49.9 Å². The molecule has 0 saturated heterocycles. The molecule has 1 aromatic heterocycles. The molecule has 18 heavy (non-hydrogen) atoms. The summed E-state index contributed by atoms with van der Waals surface area (Å²) in [4.78, 5) is 11.1. The maximum atomic E-state index is 11.1. The number of ether oxygens (including phenoxy) is 1. The van der Waals surface area contributed by atoms with Gasteiger partial charge in [-0.15, -0.1) is 0 Å². The highest BCUT2D eigenvalue weighted by molar-refractivity contribution is 14.1. The van der Waals surface area contributed by atoms with Crippen molar-refractivity contribution < 1.29 is 19.1 Å². The number of halogens is 2. The van der Waals surface area contributed by atoms with Crippen LogP contribution in [0.4, 0.5) is 0 Å². The molecular weight excluding hydrogens is 415 g/mol. The molecule has 0 aliphatic carbocycles. The summed E-state index contributed by atoms with van der Waals surface area (Å²) in [5.74, 6) is -0.0589. The number of rotatable bonds is 4. The summed E-state index contributed by atoms with van der Waals surface area (Å²) in [7, 11) is 0. The van der Waals surface area contributed by atoms with Crippen LogP contribution in [-0.4, -0.2) is 11.1 Å². The van der Waals surface area contributed by atoms with Gasteiger partial charge in [-0.3, -0.25) is 0 Å². The van der Waals surface area contributed by atoms with Gasteiger partial charge in [0, 0.05) is 3.57 Å². The maximum Gasteiger partial charge on any atom is 0.339 e. The van der Waals surface area contributed by atoms with Gasteiger partial charge in [0.2, 0.25) is 0 Å². The second kappa shape index (κ2) is 5.75. The zero-order valence-corrected chi connectivity index (χ0v) is 12.8. The molecule has 94 valence electrons. The molecule has 0 spiro atoms. The third-order valence-corrected chi connectivity index (χ3v) is 3.27. The molecule has 0 radical (unpaired) electrons. The number of benzene rings is 1. The molecule has 0 aliphatic rings. The molecule has 1 aromatic carbocycles. The van der Waals surface area contributed by atoms with E-state index in [-0.39, 0.29) is 12.2 Å². The highest BCUT2D eigenvalue weighted by atomic mass is 127. The minimum Gasteiger partial charge on any atom is -0.485 e.